The number of nitrogens with two attached hydrogens (primary N) is 1. The summed E-state index contributed by atoms with van der Waals surface area (Å²) in [4.78, 5) is 14.9. The summed E-state index contributed by atoms with van der Waals surface area (Å²) in [5.74, 6) is 6.47. The van der Waals surface area contributed by atoms with E-state index in [0.717, 1.165) is 28.7 Å². The van der Waals surface area contributed by atoms with Gasteiger partial charge in [0.25, 0.3) is 5.91 Å². The molecule has 1 fully saturated rings. The van der Waals surface area contributed by atoms with E-state index in [1.165, 1.54) is 11.3 Å². The zero-order valence-corrected chi connectivity index (χ0v) is 13.1. The number of hydrogen-bond donors (Lipinski definition) is 2. The summed E-state index contributed by atoms with van der Waals surface area (Å²) in [6, 6.07) is 8.00. The third-order valence-electron chi connectivity index (χ3n) is 3.69. The van der Waals surface area contributed by atoms with Crippen LogP contribution in [0.25, 0.3) is 10.1 Å². The zero-order valence-electron chi connectivity index (χ0n) is 11.5. The van der Waals surface area contributed by atoms with Crippen molar-refractivity contribution in [2.45, 2.75) is 6.54 Å². The van der Waals surface area contributed by atoms with Gasteiger partial charge in [-0.1, -0.05) is 18.2 Å². The highest BCUT2D eigenvalue weighted by atomic mass is 32.2. The number of rotatable bonds is 3. The molecule has 5 nitrogen and oxygen atoms in total. The molecule has 0 atom stereocenters. The van der Waals surface area contributed by atoms with Crippen LogP contribution in [0, 0.1) is 0 Å². The molecule has 0 bridgehead atoms. The normalized spacial score (nSPS) is 17.2. The van der Waals surface area contributed by atoms with Crippen molar-refractivity contribution in [2.75, 3.05) is 24.6 Å². The van der Waals surface area contributed by atoms with Crippen molar-refractivity contribution in [3.8, 4) is 0 Å². The van der Waals surface area contributed by atoms with Gasteiger partial charge < -0.3 is 0 Å². The summed E-state index contributed by atoms with van der Waals surface area (Å²) in [6.07, 6.45) is 0. The van der Waals surface area contributed by atoms with E-state index in [2.05, 4.69) is 10.3 Å². The van der Waals surface area contributed by atoms with E-state index in [1.807, 2.05) is 24.3 Å². The lowest BCUT2D eigenvalue weighted by molar-refractivity contribution is 0.0956. The van der Waals surface area contributed by atoms with Crippen LogP contribution in [0.1, 0.15) is 15.2 Å². The lowest BCUT2D eigenvalue weighted by Crippen LogP contribution is -2.37. The van der Waals surface area contributed by atoms with Crippen LogP contribution in [0.5, 0.6) is 0 Å². The van der Waals surface area contributed by atoms with Crippen molar-refractivity contribution >= 4 is 38.1 Å². The number of nitrogens with zero attached hydrogens (tertiary/aromatic N) is 1. The molecule has 1 aromatic heterocycles. The van der Waals surface area contributed by atoms with Crippen LogP contribution < -0.4 is 11.3 Å². The molecule has 1 aliphatic heterocycles. The maximum atomic E-state index is 12.0. The first-order valence-electron chi connectivity index (χ1n) is 6.77. The maximum Gasteiger partial charge on any atom is 0.275 e. The fourth-order valence-corrected chi connectivity index (χ4v) is 4.81. The second-order valence-electron chi connectivity index (χ2n) is 5.00. The Labute approximate surface area is 129 Å². The Morgan fingerprint density at radius 2 is 2.05 bits per heavy atom. The molecule has 2 heterocycles. The lowest BCUT2D eigenvalue weighted by Gasteiger charge is -2.26. The molecule has 21 heavy (non-hydrogen) atoms. The Kier molecular flexibility index (Phi) is 4.34. The molecule has 0 radical (unpaired) electrons. The first-order chi connectivity index (χ1) is 10.2. The van der Waals surface area contributed by atoms with E-state index in [9.17, 15) is 9.00 Å². The standard InChI is InChI=1S/C14H17N3O2S2/c15-16-14(18)13-11(9-17-5-7-21(19)8-6-17)10-3-1-2-4-12(10)20-13/h1-4H,5-9,15H2,(H,16,18). The van der Waals surface area contributed by atoms with Gasteiger partial charge in [0.1, 0.15) is 0 Å². The lowest BCUT2D eigenvalue weighted by atomic mass is 10.1. The van der Waals surface area contributed by atoms with Crippen LogP contribution in [-0.2, 0) is 17.3 Å². The molecule has 7 heteroatoms. The van der Waals surface area contributed by atoms with E-state index in [-0.39, 0.29) is 5.91 Å². The van der Waals surface area contributed by atoms with Crippen LogP contribution in [0.3, 0.4) is 0 Å². The number of carbonyl (C=O) groups excluding carboxylic acids is 1. The van der Waals surface area contributed by atoms with E-state index >= 15 is 0 Å². The predicted octanol–water partition coefficient (Wildman–Crippen LogP) is 1.07. The third-order valence-corrected chi connectivity index (χ3v) is 6.18. The van der Waals surface area contributed by atoms with Crippen molar-refractivity contribution in [3.05, 3.63) is 34.7 Å². The SMILES string of the molecule is NNC(=O)c1sc2ccccc2c1CN1CCS(=O)CC1. The molecule has 1 saturated heterocycles. The second-order valence-corrected chi connectivity index (χ2v) is 7.75. The summed E-state index contributed by atoms with van der Waals surface area (Å²) in [5, 5.41) is 1.10. The fraction of sp³-hybridized carbons (Fsp3) is 0.357. The van der Waals surface area contributed by atoms with E-state index in [1.54, 1.807) is 0 Å². The Morgan fingerprint density at radius 3 is 2.76 bits per heavy atom. The van der Waals surface area contributed by atoms with Crippen molar-refractivity contribution in [1.29, 1.82) is 0 Å². The van der Waals surface area contributed by atoms with Crippen LogP contribution in [0.15, 0.2) is 24.3 Å². The van der Waals surface area contributed by atoms with Crippen LogP contribution in [0.2, 0.25) is 0 Å². The van der Waals surface area contributed by atoms with E-state index in [0.29, 0.717) is 22.9 Å². The number of fused-ring (bicyclic) bond motifs is 1. The van der Waals surface area contributed by atoms with Gasteiger partial charge in [-0.2, -0.15) is 0 Å². The summed E-state index contributed by atoms with van der Waals surface area (Å²) in [7, 11) is -0.691. The molecule has 0 spiro atoms. The summed E-state index contributed by atoms with van der Waals surface area (Å²) >= 11 is 1.47. The summed E-state index contributed by atoms with van der Waals surface area (Å²) in [6.45, 7) is 2.31. The molecule has 112 valence electrons. The average Bonchev–Trinajstić information content (AvgIpc) is 2.88. The monoisotopic (exact) mass is 323 g/mol. The number of benzene rings is 1. The zero-order chi connectivity index (χ0) is 14.8. The van der Waals surface area contributed by atoms with Gasteiger partial charge >= 0.3 is 0 Å². The van der Waals surface area contributed by atoms with Crippen LogP contribution in [0.4, 0.5) is 0 Å². The molecule has 0 unspecified atom stereocenters. The first kappa shape index (κ1) is 14.6. The summed E-state index contributed by atoms with van der Waals surface area (Å²) in [5.41, 5.74) is 3.25. The number of carbonyl (C=O) groups is 1. The van der Waals surface area contributed by atoms with Gasteiger partial charge in [-0.05, 0) is 17.0 Å². The average molecular weight is 323 g/mol. The predicted molar refractivity (Wildman–Crippen MR) is 86.6 cm³/mol. The molecule has 2 aromatic rings. The molecule has 3 rings (SSSR count). The minimum Gasteiger partial charge on any atom is -0.297 e. The highest BCUT2D eigenvalue weighted by molar-refractivity contribution is 7.85. The Morgan fingerprint density at radius 1 is 1.33 bits per heavy atom. The van der Waals surface area contributed by atoms with Gasteiger partial charge in [0.05, 0.1) is 4.88 Å². The minimum absolute atomic E-state index is 0.244. The van der Waals surface area contributed by atoms with Gasteiger partial charge in [-0.3, -0.25) is 19.3 Å². The smallest absolute Gasteiger partial charge is 0.275 e. The van der Waals surface area contributed by atoms with E-state index < -0.39 is 10.8 Å². The van der Waals surface area contributed by atoms with Crippen LogP contribution in [-0.4, -0.2) is 39.6 Å². The number of thiophene rings is 1. The molecular weight excluding hydrogens is 306 g/mol. The summed E-state index contributed by atoms with van der Waals surface area (Å²) < 4.78 is 12.5. The molecule has 3 N–H and O–H groups in total. The van der Waals surface area contributed by atoms with Crippen LogP contribution >= 0.6 is 11.3 Å². The Hall–Kier alpha value is -1.28. The van der Waals surface area contributed by atoms with Crippen molar-refractivity contribution in [1.82, 2.24) is 10.3 Å². The second kappa shape index (κ2) is 6.23. The molecule has 1 aromatic carbocycles. The topological polar surface area (TPSA) is 75.4 Å². The first-order valence-corrected chi connectivity index (χ1v) is 9.08. The number of hydrogen-bond acceptors (Lipinski definition) is 5. The fourth-order valence-electron chi connectivity index (χ4n) is 2.56. The third kappa shape index (κ3) is 3.01. The molecule has 1 aliphatic rings. The number of amides is 1. The van der Waals surface area contributed by atoms with Gasteiger partial charge in [-0.25, -0.2) is 5.84 Å². The van der Waals surface area contributed by atoms with Crippen molar-refractivity contribution in [3.63, 3.8) is 0 Å². The largest absolute Gasteiger partial charge is 0.297 e. The molecule has 0 saturated carbocycles. The van der Waals surface area contributed by atoms with Gasteiger partial charge in [-0.15, -0.1) is 11.3 Å². The van der Waals surface area contributed by atoms with Gasteiger partial charge in [0.15, 0.2) is 0 Å². The quantitative estimate of drug-likeness (QED) is 0.503. The molecule has 0 aliphatic carbocycles. The maximum absolute atomic E-state index is 12.0. The molecular formula is C14H17N3O2S2. The Bertz CT molecular complexity index is 689. The van der Waals surface area contributed by atoms with E-state index in [4.69, 9.17) is 5.84 Å². The number of nitrogens with one attached hydrogen (secondary N) is 1. The van der Waals surface area contributed by atoms with Gasteiger partial charge in [0, 0.05) is 46.6 Å². The van der Waals surface area contributed by atoms with Gasteiger partial charge in [0.2, 0.25) is 0 Å². The number of hydrazine groups is 1. The highest BCUT2D eigenvalue weighted by Crippen LogP contribution is 2.32. The van der Waals surface area contributed by atoms with Crippen molar-refractivity contribution in [2.24, 2.45) is 5.84 Å². The number of nitrogen functional groups attached to an aromatic ring is 1. The highest BCUT2D eigenvalue weighted by Gasteiger charge is 2.22. The minimum atomic E-state index is -0.691. The Balaban J connectivity index is 1.95. The van der Waals surface area contributed by atoms with Crippen molar-refractivity contribution < 1.29 is 9.00 Å². The molecule has 1 amide bonds.